The summed E-state index contributed by atoms with van der Waals surface area (Å²) in [5.41, 5.74) is 2.45. The van der Waals surface area contributed by atoms with Gasteiger partial charge in [0.1, 0.15) is 5.82 Å². The Morgan fingerprint density at radius 2 is 1.88 bits per heavy atom. The van der Waals surface area contributed by atoms with Crippen molar-refractivity contribution in [2.45, 2.75) is 19.3 Å². The van der Waals surface area contributed by atoms with Gasteiger partial charge in [0.05, 0.1) is 11.0 Å². The summed E-state index contributed by atoms with van der Waals surface area (Å²) < 4.78 is 13.7. The highest BCUT2D eigenvalue weighted by Gasteiger charge is 2.43. The van der Waals surface area contributed by atoms with Crippen LogP contribution in [0.1, 0.15) is 28.8 Å². The molecule has 1 atom stereocenters. The predicted octanol–water partition coefficient (Wildman–Crippen LogP) is 4.10. The fourth-order valence-corrected chi connectivity index (χ4v) is 4.57. The van der Waals surface area contributed by atoms with Gasteiger partial charge in [-0.2, -0.15) is 0 Å². The lowest BCUT2D eigenvalue weighted by atomic mass is 9.74. The van der Waals surface area contributed by atoms with E-state index < -0.39 is 5.41 Å². The number of pyridine rings is 1. The minimum absolute atomic E-state index is 0.0719. The fourth-order valence-electron chi connectivity index (χ4n) is 4.57. The minimum atomic E-state index is -0.731. The number of likely N-dealkylation sites (tertiary alicyclic amines) is 1. The van der Waals surface area contributed by atoms with Crippen LogP contribution in [0.2, 0.25) is 0 Å². The zero-order chi connectivity index (χ0) is 22.6. The summed E-state index contributed by atoms with van der Waals surface area (Å²) >= 11 is 0. The zero-order valence-electron chi connectivity index (χ0n) is 18.1. The van der Waals surface area contributed by atoms with E-state index in [1.54, 1.807) is 42.5 Å². The van der Waals surface area contributed by atoms with Crippen molar-refractivity contribution in [3.05, 3.63) is 90.0 Å². The highest BCUT2D eigenvalue weighted by Crippen LogP contribution is 2.35. The van der Waals surface area contributed by atoms with Gasteiger partial charge >= 0.3 is 0 Å². The van der Waals surface area contributed by atoms with E-state index in [4.69, 9.17) is 0 Å². The average molecular weight is 432 g/mol. The van der Waals surface area contributed by atoms with Gasteiger partial charge in [0.25, 0.3) is 5.91 Å². The van der Waals surface area contributed by atoms with Crippen LogP contribution in [0.25, 0.3) is 11.1 Å². The third-order valence-corrected chi connectivity index (χ3v) is 6.11. The molecule has 3 aromatic rings. The number of hydrogen-bond acceptors (Lipinski definition) is 3. The summed E-state index contributed by atoms with van der Waals surface area (Å²) in [4.78, 5) is 31.9. The number of piperidine rings is 1. The second-order valence-electron chi connectivity index (χ2n) is 8.32. The van der Waals surface area contributed by atoms with Crippen LogP contribution in [0.4, 0.5) is 4.39 Å². The smallest absolute Gasteiger partial charge is 0.255 e. The summed E-state index contributed by atoms with van der Waals surface area (Å²) in [6, 6.07) is 17.8. The van der Waals surface area contributed by atoms with Crippen molar-refractivity contribution in [3.8, 4) is 11.1 Å². The van der Waals surface area contributed by atoms with Crippen molar-refractivity contribution in [2.24, 2.45) is 5.41 Å². The van der Waals surface area contributed by atoms with Crippen LogP contribution in [0.15, 0.2) is 73.1 Å². The van der Waals surface area contributed by atoms with Gasteiger partial charge in [0, 0.05) is 32.5 Å². The molecule has 164 valence electrons. The molecule has 0 saturated carbocycles. The van der Waals surface area contributed by atoms with Crippen molar-refractivity contribution in [1.29, 1.82) is 0 Å². The molecule has 4 rings (SSSR count). The molecule has 2 heterocycles. The Hall–Kier alpha value is -3.54. The zero-order valence-corrected chi connectivity index (χ0v) is 18.1. The van der Waals surface area contributed by atoms with Crippen LogP contribution < -0.4 is 5.32 Å². The maximum atomic E-state index is 13.7. The summed E-state index contributed by atoms with van der Waals surface area (Å²) in [5, 5.41) is 2.81. The number of nitrogens with one attached hydrogen (secondary N) is 1. The second kappa shape index (κ2) is 9.30. The van der Waals surface area contributed by atoms with Crippen LogP contribution in [-0.2, 0) is 11.2 Å². The van der Waals surface area contributed by atoms with Gasteiger partial charge in [-0.1, -0.05) is 36.4 Å². The van der Waals surface area contributed by atoms with E-state index in [-0.39, 0.29) is 17.6 Å². The van der Waals surface area contributed by atoms with Crippen molar-refractivity contribution in [1.82, 2.24) is 15.2 Å². The van der Waals surface area contributed by atoms with Crippen LogP contribution >= 0.6 is 0 Å². The topological polar surface area (TPSA) is 62.3 Å². The first-order valence-corrected chi connectivity index (χ1v) is 10.8. The maximum Gasteiger partial charge on any atom is 0.255 e. The van der Waals surface area contributed by atoms with Crippen molar-refractivity contribution >= 4 is 11.8 Å². The van der Waals surface area contributed by atoms with Gasteiger partial charge in [0.2, 0.25) is 5.91 Å². The molecule has 32 heavy (non-hydrogen) atoms. The fraction of sp³-hybridized carbons (Fsp3) is 0.269. The van der Waals surface area contributed by atoms with Gasteiger partial charge in [-0.25, -0.2) is 4.39 Å². The number of aromatic nitrogens is 1. The largest absolute Gasteiger partial charge is 0.359 e. The highest BCUT2D eigenvalue weighted by atomic mass is 19.1. The SMILES string of the molecule is CNC(=O)[C@]1(Cc2cccc(-c3cccc(F)c3)c2)CCCN(C(=O)c2cccnc2)C1. The van der Waals surface area contributed by atoms with Crippen LogP contribution in [0.3, 0.4) is 0 Å². The van der Waals surface area contributed by atoms with Crippen LogP contribution in [0, 0.1) is 11.2 Å². The molecule has 1 saturated heterocycles. The molecule has 0 aliphatic carbocycles. The number of benzene rings is 2. The Morgan fingerprint density at radius 1 is 1.09 bits per heavy atom. The van der Waals surface area contributed by atoms with E-state index in [0.29, 0.717) is 31.5 Å². The molecular formula is C26H26FN3O2. The molecule has 0 radical (unpaired) electrons. The van der Waals surface area contributed by atoms with E-state index in [1.807, 2.05) is 30.3 Å². The Bertz CT molecular complexity index is 1120. The summed E-state index contributed by atoms with van der Waals surface area (Å²) in [7, 11) is 1.63. The van der Waals surface area contributed by atoms with Crippen molar-refractivity contribution in [2.75, 3.05) is 20.1 Å². The lowest BCUT2D eigenvalue weighted by Gasteiger charge is -2.41. The molecule has 0 spiro atoms. The third-order valence-electron chi connectivity index (χ3n) is 6.11. The average Bonchev–Trinajstić information content (AvgIpc) is 2.84. The van der Waals surface area contributed by atoms with Gasteiger partial charge in [-0.15, -0.1) is 0 Å². The summed E-state index contributed by atoms with van der Waals surface area (Å²) in [5.74, 6) is -0.469. The van der Waals surface area contributed by atoms with Gasteiger partial charge in [0.15, 0.2) is 0 Å². The molecule has 1 aromatic heterocycles. The minimum Gasteiger partial charge on any atom is -0.359 e. The maximum absolute atomic E-state index is 13.7. The molecule has 1 aliphatic heterocycles. The Labute approximate surface area is 187 Å². The van der Waals surface area contributed by atoms with Gasteiger partial charge in [-0.05, 0) is 60.2 Å². The first-order chi connectivity index (χ1) is 15.5. The predicted molar refractivity (Wildman–Crippen MR) is 121 cm³/mol. The monoisotopic (exact) mass is 431 g/mol. The second-order valence-corrected chi connectivity index (χ2v) is 8.32. The lowest BCUT2D eigenvalue weighted by molar-refractivity contribution is -0.133. The van der Waals surface area contributed by atoms with Crippen molar-refractivity contribution < 1.29 is 14.0 Å². The first-order valence-electron chi connectivity index (χ1n) is 10.8. The van der Waals surface area contributed by atoms with E-state index >= 15 is 0 Å². The third kappa shape index (κ3) is 4.54. The number of nitrogens with zero attached hydrogens (tertiary/aromatic N) is 2. The molecule has 1 N–H and O–H groups in total. The van der Waals surface area contributed by atoms with E-state index in [9.17, 15) is 14.0 Å². The number of carbonyl (C=O) groups excluding carboxylic acids is 2. The summed E-state index contributed by atoms with van der Waals surface area (Å²) in [6.45, 7) is 0.945. The number of carbonyl (C=O) groups is 2. The van der Waals surface area contributed by atoms with Crippen molar-refractivity contribution in [3.63, 3.8) is 0 Å². The Kier molecular flexibility index (Phi) is 6.30. The number of hydrogen-bond donors (Lipinski definition) is 1. The Balaban J connectivity index is 1.62. The molecule has 0 bridgehead atoms. The van der Waals surface area contributed by atoms with Gasteiger partial charge < -0.3 is 10.2 Å². The standard InChI is InChI=1S/C26H26FN3O2/c1-28-25(32)26(11-5-13-30(18-26)24(31)22-9-4-12-29-17-22)16-19-6-2-7-20(14-19)21-8-3-10-23(27)15-21/h2-4,6-10,12,14-15,17H,5,11,13,16,18H2,1H3,(H,28,32)/t26-/m0/s1. The number of rotatable bonds is 5. The molecule has 6 heteroatoms. The van der Waals surface area contributed by atoms with E-state index in [2.05, 4.69) is 10.3 Å². The highest BCUT2D eigenvalue weighted by molar-refractivity contribution is 5.94. The molecule has 0 unspecified atom stereocenters. The number of amides is 2. The molecular weight excluding hydrogens is 405 g/mol. The normalized spacial score (nSPS) is 18.2. The van der Waals surface area contributed by atoms with E-state index in [1.165, 1.54) is 12.1 Å². The first kappa shape index (κ1) is 21.7. The Morgan fingerprint density at radius 3 is 2.59 bits per heavy atom. The molecule has 2 aromatic carbocycles. The molecule has 5 nitrogen and oxygen atoms in total. The lowest BCUT2D eigenvalue weighted by Crippen LogP contribution is -2.54. The van der Waals surface area contributed by atoms with Crippen LogP contribution in [-0.4, -0.2) is 41.8 Å². The molecule has 1 aliphatic rings. The summed E-state index contributed by atoms with van der Waals surface area (Å²) in [6.07, 6.45) is 5.11. The van der Waals surface area contributed by atoms with Crippen LogP contribution in [0.5, 0.6) is 0 Å². The molecule has 2 amide bonds. The number of halogens is 1. The van der Waals surface area contributed by atoms with Gasteiger partial charge in [-0.3, -0.25) is 14.6 Å². The molecule has 1 fully saturated rings. The quantitative estimate of drug-likeness (QED) is 0.662. The van der Waals surface area contributed by atoms with E-state index in [0.717, 1.165) is 23.1 Å².